The Morgan fingerprint density at radius 1 is 1.33 bits per heavy atom. The zero-order valence-electron chi connectivity index (χ0n) is 8.77. The average molecular weight is 200 g/mol. The third kappa shape index (κ3) is 1.56. The average Bonchev–Trinajstić information content (AvgIpc) is 2.65. The highest BCUT2D eigenvalue weighted by Crippen LogP contribution is 2.23. The zero-order valence-corrected chi connectivity index (χ0v) is 8.77. The molecule has 0 unspecified atom stereocenters. The summed E-state index contributed by atoms with van der Waals surface area (Å²) in [4.78, 5) is 10.8. The molecule has 0 amide bonds. The minimum atomic E-state index is 0.730. The highest BCUT2D eigenvalue weighted by molar-refractivity contribution is 5.82. The van der Waals surface area contributed by atoms with Gasteiger partial charge in [0.2, 0.25) is 0 Å². The molecule has 0 saturated heterocycles. The molecule has 2 aromatic rings. The van der Waals surface area contributed by atoms with Crippen molar-refractivity contribution >= 4 is 6.29 Å². The van der Waals surface area contributed by atoms with Gasteiger partial charge in [-0.2, -0.15) is 5.10 Å². The van der Waals surface area contributed by atoms with Crippen LogP contribution in [0, 0.1) is 6.92 Å². The van der Waals surface area contributed by atoms with Crippen LogP contribution in [0.1, 0.15) is 15.9 Å². The summed E-state index contributed by atoms with van der Waals surface area (Å²) >= 11 is 0. The minimum absolute atomic E-state index is 0.730. The number of aryl methyl sites for hydroxylation is 1. The molecule has 0 aliphatic carbocycles. The van der Waals surface area contributed by atoms with Crippen molar-refractivity contribution < 1.29 is 4.79 Å². The predicted molar refractivity (Wildman–Crippen MR) is 58.8 cm³/mol. The van der Waals surface area contributed by atoms with Crippen molar-refractivity contribution in [1.29, 1.82) is 0 Å². The predicted octanol–water partition coefficient (Wildman–Crippen LogP) is 2.21. The quantitative estimate of drug-likeness (QED) is 0.696. The summed E-state index contributed by atoms with van der Waals surface area (Å²) in [6.45, 7) is 1.95. The van der Waals surface area contributed by atoms with Crippen LogP contribution in [0.25, 0.3) is 11.3 Å². The molecule has 1 aromatic carbocycles. The Hall–Kier alpha value is -1.90. The van der Waals surface area contributed by atoms with Crippen molar-refractivity contribution in [1.82, 2.24) is 9.78 Å². The van der Waals surface area contributed by atoms with Gasteiger partial charge in [0.1, 0.15) is 6.29 Å². The summed E-state index contributed by atoms with van der Waals surface area (Å²) in [6.07, 6.45) is 2.64. The summed E-state index contributed by atoms with van der Waals surface area (Å²) in [5.74, 6) is 0. The molecule has 0 N–H and O–H groups in total. The van der Waals surface area contributed by atoms with Crippen molar-refractivity contribution in [3.63, 3.8) is 0 Å². The number of hydrogen-bond donors (Lipinski definition) is 0. The lowest BCUT2D eigenvalue weighted by molar-refractivity contribution is 0.112. The number of benzene rings is 1. The number of carbonyl (C=O) groups is 1. The smallest absolute Gasteiger partial charge is 0.150 e. The van der Waals surface area contributed by atoms with Crippen LogP contribution in [-0.4, -0.2) is 16.1 Å². The monoisotopic (exact) mass is 200 g/mol. The largest absolute Gasteiger partial charge is 0.298 e. The van der Waals surface area contributed by atoms with Crippen molar-refractivity contribution in [2.45, 2.75) is 6.92 Å². The van der Waals surface area contributed by atoms with Crippen LogP contribution in [0.2, 0.25) is 0 Å². The number of hydrogen-bond acceptors (Lipinski definition) is 2. The highest BCUT2D eigenvalue weighted by Gasteiger charge is 2.07. The fourth-order valence-electron chi connectivity index (χ4n) is 1.70. The van der Waals surface area contributed by atoms with Crippen molar-refractivity contribution in [2.24, 2.45) is 7.05 Å². The summed E-state index contributed by atoms with van der Waals surface area (Å²) < 4.78 is 1.80. The molecule has 76 valence electrons. The fraction of sp³-hybridized carbons (Fsp3) is 0.167. The third-order valence-electron chi connectivity index (χ3n) is 2.60. The molecule has 0 saturated carbocycles. The van der Waals surface area contributed by atoms with Gasteiger partial charge in [-0.15, -0.1) is 0 Å². The maximum absolute atomic E-state index is 10.8. The van der Waals surface area contributed by atoms with E-state index in [0.717, 1.165) is 28.7 Å². The molecule has 0 spiro atoms. The first kappa shape index (κ1) is 9.65. The first-order valence-corrected chi connectivity index (χ1v) is 4.77. The molecule has 1 heterocycles. The fourth-order valence-corrected chi connectivity index (χ4v) is 1.70. The molecule has 0 fully saturated rings. The van der Waals surface area contributed by atoms with Crippen LogP contribution < -0.4 is 0 Å². The van der Waals surface area contributed by atoms with Crippen molar-refractivity contribution in [3.05, 3.63) is 41.6 Å². The molecule has 3 nitrogen and oxygen atoms in total. The van der Waals surface area contributed by atoms with E-state index in [1.54, 1.807) is 10.9 Å². The molecule has 2 rings (SSSR count). The van der Waals surface area contributed by atoms with Crippen molar-refractivity contribution in [2.75, 3.05) is 0 Å². The Kier molecular flexibility index (Phi) is 2.37. The van der Waals surface area contributed by atoms with Crippen molar-refractivity contribution in [3.8, 4) is 11.3 Å². The lowest BCUT2D eigenvalue weighted by Crippen LogP contribution is -1.97. The zero-order chi connectivity index (χ0) is 10.8. The number of aromatic nitrogens is 2. The van der Waals surface area contributed by atoms with E-state index in [-0.39, 0.29) is 0 Å². The van der Waals surface area contributed by atoms with Gasteiger partial charge in [0.05, 0.1) is 5.69 Å². The molecular formula is C12H12N2O. The van der Waals surface area contributed by atoms with Crippen LogP contribution in [0.4, 0.5) is 0 Å². The third-order valence-corrected chi connectivity index (χ3v) is 2.60. The van der Waals surface area contributed by atoms with Gasteiger partial charge in [0.25, 0.3) is 0 Å². The lowest BCUT2D eigenvalue weighted by atomic mass is 10.0. The van der Waals surface area contributed by atoms with Gasteiger partial charge >= 0.3 is 0 Å². The van der Waals surface area contributed by atoms with Gasteiger partial charge in [0, 0.05) is 24.4 Å². The van der Waals surface area contributed by atoms with E-state index in [4.69, 9.17) is 0 Å². The van der Waals surface area contributed by atoms with E-state index in [1.165, 1.54) is 0 Å². The van der Waals surface area contributed by atoms with Crippen LogP contribution in [0.3, 0.4) is 0 Å². The SMILES string of the molecule is Cc1c(C=O)cccc1-c1ccnn1C. The molecule has 0 bridgehead atoms. The van der Waals surface area contributed by atoms with E-state index in [9.17, 15) is 4.79 Å². The van der Waals surface area contributed by atoms with Gasteiger partial charge in [-0.3, -0.25) is 9.48 Å². The summed E-state index contributed by atoms with van der Waals surface area (Å²) in [6, 6.07) is 7.65. The molecule has 15 heavy (non-hydrogen) atoms. The normalized spacial score (nSPS) is 10.3. The lowest BCUT2D eigenvalue weighted by Gasteiger charge is -2.07. The second-order valence-corrected chi connectivity index (χ2v) is 3.48. The molecule has 3 heteroatoms. The first-order valence-electron chi connectivity index (χ1n) is 4.77. The van der Waals surface area contributed by atoms with E-state index in [2.05, 4.69) is 5.10 Å². The Labute approximate surface area is 88.4 Å². The van der Waals surface area contributed by atoms with Gasteiger partial charge in [-0.05, 0) is 18.6 Å². The van der Waals surface area contributed by atoms with E-state index in [0.29, 0.717) is 0 Å². The topological polar surface area (TPSA) is 34.9 Å². The van der Waals surface area contributed by atoms with Gasteiger partial charge in [-0.25, -0.2) is 0 Å². The van der Waals surface area contributed by atoms with Gasteiger partial charge in [-0.1, -0.05) is 18.2 Å². The Bertz CT molecular complexity index is 500. The Morgan fingerprint density at radius 3 is 2.73 bits per heavy atom. The maximum Gasteiger partial charge on any atom is 0.150 e. The summed E-state index contributed by atoms with van der Waals surface area (Å²) in [7, 11) is 1.89. The molecule has 0 atom stereocenters. The van der Waals surface area contributed by atoms with Crippen LogP contribution in [0.5, 0.6) is 0 Å². The molecular weight excluding hydrogens is 188 g/mol. The standard InChI is InChI=1S/C12H12N2O/c1-9-10(8-15)4-3-5-11(9)12-6-7-13-14(12)2/h3-8H,1-2H3. The Morgan fingerprint density at radius 2 is 2.13 bits per heavy atom. The molecule has 0 aliphatic rings. The Balaban J connectivity index is 2.64. The molecule has 0 radical (unpaired) electrons. The summed E-state index contributed by atoms with van der Waals surface area (Å²) in [5, 5.41) is 4.12. The van der Waals surface area contributed by atoms with Gasteiger partial charge in [0.15, 0.2) is 0 Å². The van der Waals surface area contributed by atoms with E-state index < -0.39 is 0 Å². The number of nitrogens with zero attached hydrogens (tertiary/aromatic N) is 2. The number of carbonyl (C=O) groups excluding carboxylic acids is 1. The summed E-state index contributed by atoms with van der Waals surface area (Å²) in [5.41, 5.74) is 3.81. The highest BCUT2D eigenvalue weighted by atomic mass is 16.1. The van der Waals surface area contributed by atoms with Gasteiger partial charge < -0.3 is 0 Å². The van der Waals surface area contributed by atoms with Crippen LogP contribution in [0.15, 0.2) is 30.5 Å². The van der Waals surface area contributed by atoms with Crippen LogP contribution >= 0.6 is 0 Å². The second kappa shape index (κ2) is 3.69. The first-order chi connectivity index (χ1) is 7.24. The second-order valence-electron chi connectivity index (χ2n) is 3.48. The van der Waals surface area contributed by atoms with E-state index in [1.807, 2.05) is 38.2 Å². The van der Waals surface area contributed by atoms with Crippen LogP contribution in [-0.2, 0) is 7.05 Å². The number of aldehydes is 1. The molecule has 1 aromatic heterocycles. The maximum atomic E-state index is 10.8. The minimum Gasteiger partial charge on any atom is -0.298 e. The molecule has 0 aliphatic heterocycles. The number of rotatable bonds is 2. The van der Waals surface area contributed by atoms with E-state index >= 15 is 0 Å².